The van der Waals surface area contributed by atoms with E-state index in [1.54, 1.807) is 24.4 Å². The molecule has 4 atom stereocenters. The van der Waals surface area contributed by atoms with E-state index in [2.05, 4.69) is 20.9 Å². The van der Waals surface area contributed by atoms with Gasteiger partial charge in [0.2, 0.25) is 23.6 Å². The highest BCUT2D eigenvalue weighted by atomic mass is 16.4. The van der Waals surface area contributed by atoms with Gasteiger partial charge in [0.25, 0.3) is 0 Å². The molecule has 4 aromatic rings. The summed E-state index contributed by atoms with van der Waals surface area (Å²) in [7, 11) is 0. The van der Waals surface area contributed by atoms with Gasteiger partial charge in [-0.3, -0.25) is 19.2 Å². The Kier molecular flexibility index (Phi) is 11.1. The lowest BCUT2D eigenvalue weighted by Gasteiger charge is -2.25. The monoisotopic (exact) mass is 644 g/mol. The third kappa shape index (κ3) is 9.55. The lowest BCUT2D eigenvalue weighted by molar-refractivity contribution is -0.142. The quantitative estimate of drug-likeness (QED) is 0.0864. The van der Waals surface area contributed by atoms with Crippen LogP contribution in [0, 0.1) is 0 Å². The molecule has 0 aliphatic heterocycles. The van der Waals surface area contributed by atoms with Gasteiger partial charge in [-0.05, 0) is 53.4 Å². The number of aliphatic carboxylic acids is 1. The molecule has 0 spiro atoms. The number of carboxylic acids is 1. The van der Waals surface area contributed by atoms with Crippen molar-refractivity contribution in [2.45, 2.75) is 49.9 Å². The topological polar surface area (TPSA) is 250 Å². The summed E-state index contributed by atoms with van der Waals surface area (Å²) in [6, 6.07) is 13.7. The number of fused-ring (bicyclic) bond motifs is 1. The summed E-state index contributed by atoms with van der Waals surface area (Å²) in [6.07, 6.45) is 0.899. The van der Waals surface area contributed by atoms with Crippen LogP contribution in [0.25, 0.3) is 10.9 Å². The van der Waals surface area contributed by atoms with Crippen molar-refractivity contribution in [3.05, 3.63) is 95.7 Å². The fraction of sp³-hybridized carbons (Fsp3) is 0.242. The fourth-order valence-corrected chi connectivity index (χ4v) is 5.01. The number of carbonyl (C=O) groups is 5. The number of carbonyl (C=O) groups excluding carboxylic acids is 4. The highest BCUT2D eigenvalue weighted by molar-refractivity contribution is 5.96. The molecule has 0 aliphatic rings. The Morgan fingerprint density at radius 3 is 1.81 bits per heavy atom. The third-order valence-corrected chi connectivity index (χ3v) is 7.49. The van der Waals surface area contributed by atoms with Gasteiger partial charge < -0.3 is 47.7 Å². The van der Waals surface area contributed by atoms with E-state index in [1.165, 1.54) is 36.4 Å². The molecule has 47 heavy (non-hydrogen) atoms. The van der Waals surface area contributed by atoms with Crippen LogP contribution >= 0.6 is 0 Å². The Morgan fingerprint density at radius 1 is 0.681 bits per heavy atom. The summed E-state index contributed by atoms with van der Waals surface area (Å²) >= 11 is 0. The molecular weight excluding hydrogens is 608 g/mol. The number of phenolic OH excluding ortho intramolecular Hbond substituents is 2. The second kappa shape index (κ2) is 15.4. The first-order valence-corrected chi connectivity index (χ1v) is 14.7. The minimum absolute atomic E-state index is 0.0310. The molecule has 246 valence electrons. The Labute approximate surface area is 269 Å². The first kappa shape index (κ1) is 34.0. The molecule has 4 rings (SSSR count). The maximum absolute atomic E-state index is 13.6. The summed E-state index contributed by atoms with van der Waals surface area (Å²) in [4.78, 5) is 67.2. The van der Waals surface area contributed by atoms with Crippen molar-refractivity contribution in [3.63, 3.8) is 0 Å². The Hall–Kier alpha value is -5.89. The Bertz CT molecular complexity index is 1740. The molecule has 0 saturated heterocycles. The van der Waals surface area contributed by atoms with E-state index in [-0.39, 0.29) is 30.8 Å². The first-order valence-electron chi connectivity index (χ1n) is 14.7. The molecule has 0 radical (unpaired) electrons. The zero-order valence-corrected chi connectivity index (χ0v) is 25.2. The number of primary amides is 1. The summed E-state index contributed by atoms with van der Waals surface area (Å²) in [5.74, 6) is -4.77. The number of rotatable bonds is 15. The van der Waals surface area contributed by atoms with E-state index >= 15 is 0 Å². The van der Waals surface area contributed by atoms with Crippen molar-refractivity contribution in [2.24, 2.45) is 11.5 Å². The number of nitrogens with two attached hydrogens (primary N) is 2. The van der Waals surface area contributed by atoms with Gasteiger partial charge in [-0.2, -0.15) is 0 Å². The van der Waals surface area contributed by atoms with Gasteiger partial charge in [-0.1, -0.05) is 42.5 Å². The van der Waals surface area contributed by atoms with Crippen LogP contribution in [-0.2, 0) is 43.2 Å². The smallest absolute Gasteiger partial charge is 0.326 e. The SMILES string of the molecule is NC(=O)CC(NC(=O)C(N)Cc1ccc(O)cc1)C(=O)NC(Cc1ccc(O)cc1)C(=O)NC(Cc1c[nH]c2ccccc12)C(=O)O. The van der Waals surface area contributed by atoms with Crippen LogP contribution in [0.5, 0.6) is 11.5 Å². The molecule has 11 N–H and O–H groups in total. The predicted molar refractivity (Wildman–Crippen MR) is 171 cm³/mol. The Balaban J connectivity index is 1.52. The molecule has 14 nitrogen and oxygen atoms in total. The van der Waals surface area contributed by atoms with E-state index < -0.39 is 60.2 Å². The summed E-state index contributed by atoms with van der Waals surface area (Å²) in [6.45, 7) is 0. The number of benzene rings is 3. The number of carboxylic acid groups (broad SMARTS) is 1. The van der Waals surface area contributed by atoms with E-state index in [1.807, 2.05) is 18.2 Å². The molecule has 1 aromatic heterocycles. The van der Waals surface area contributed by atoms with E-state index in [0.29, 0.717) is 16.7 Å². The van der Waals surface area contributed by atoms with Gasteiger partial charge in [0.05, 0.1) is 12.5 Å². The molecule has 1 heterocycles. The molecule has 0 bridgehead atoms. The maximum Gasteiger partial charge on any atom is 0.326 e. The molecule has 0 saturated carbocycles. The van der Waals surface area contributed by atoms with Gasteiger partial charge in [0.15, 0.2) is 0 Å². The number of hydrogen-bond acceptors (Lipinski definition) is 8. The summed E-state index contributed by atoms with van der Waals surface area (Å²) in [5.41, 5.74) is 14.0. The van der Waals surface area contributed by atoms with Crippen LogP contribution in [0.4, 0.5) is 0 Å². The minimum atomic E-state index is -1.51. The van der Waals surface area contributed by atoms with Crippen LogP contribution in [0.3, 0.4) is 0 Å². The summed E-state index contributed by atoms with van der Waals surface area (Å²) < 4.78 is 0. The number of aromatic nitrogens is 1. The van der Waals surface area contributed by atoms with Crippen molar-refractivity contribution < 1.29 is 39.3 Å². The number of aromatic amines is 1. The largest absolute Gasteiger partial charge is 0.508 e. The standard InChI is InChI=1S/C33H36N6O8/c34-24(13-18-5-9-21(40)10-6-18)30(43)37-27(16-29(35)42)32(45)38-26(14-19-7-11-22(41)12-8-19)31(44)39-28(33(46)47)15-20-17-36-25-4-2-1-3-23(20)25/h1-12,17,24,26-28,36,40-41H,13-16,34H2,(H2,35,42)(H,37,43)(H,38,45)(H,39,44)(H,46,47). The molecule has 4 amide bonds. The van der Waals surface area contributed by atoms with E-state index in [4.69, 9.17) is 11.5 Å². The zero-order chi connectivity index (χ0) is 34.1. The third-order valence-electron chi connectivity index (χ3n) is 7.49. The Morgan fingerprint density at radius 2 is 1.21 bits per heavy atom. The molecule has 3 aromatic carbocycles. The van der Waals surface area contributed by atoms with Crippen molar-refractivity contribution >= 4 is 40.5 Å². The molecule has 4 unspecified atom stereocenters. The average molecular weight is 645 g/mol. The molecule has 14 heteroatoms. The summed E-state index contributed by atoms with van der Waals surface area (Å²) in [5, 5.41) is 37.4. The van der Waals surface area contributed by atoms with Crippen LogP contribution in [0.15, 0.2) is 79.0 Å². The van der Waals surface area contributed by atoms with Gasteiger partial charge >= 0.3 is 5.97 Å². The maximum atomic E-state index is 13.6. The van der Waals surface area contributed by atoms with Crippen LogP contribution in [0.2, 0.25) is 0 Å². The number of amides is 4. The van der Waals surface area contributed by atoms with Crippen LogP contribution in [0.1, 0.15) is 23.1 Å². The zero-order valence-electron chi connectivity index (χ0n) is 25.2. The number of hydrogen-bond donors (Lipinski definition) is 9. The van der Waals surface area contributed by atoms with Crippen molar-refractivity contribution in [2.75, 3.05) is 0 Å². The van der Waals surface area contributed by atoms with Crippen molar-refractivity contribution in [1.82, 2.24) is 20.9 Å². The highest BCUT2D eigenvalue weighted by Crippen LogP contribution is 2.20. The second-order valence-electron chi connectivity index (χ2n) is 11.1. The lowest BCUT2D eigenvalue weighted by atomic mass is 10.0. The van der Waals surface area contributed by atoms with Crippen LogP contribution in [-0.4, -0.2) is 74.1 Å². The van der Waals surface area contributed by atoms with E-state index in [9.17, 15) is 39.3 Å². The van der Waals surface area contributed by atoms with Gasteiger partial charge in [-0.25, -0.2) is 4.79 Å². The van der Waals surface area contributed by atoms with Gasteiger partial charge in [0.1, 0.15) is 29.6 Å². The number of nitrogens with one attached hydrogen (secondary N) is 4. The minimum Gasteiger partial charge on any atom is -0.508 e. The number of para-hydroxylation sites is 1. The number of H-pyrrole nitrogens is 1. The fourth-order valence-electron chi connectivity index (χ4n) is 5.01. The normalized spacial score (nSPS) is 13.6. The molecule has 0 fully saturated rings. The van der Waals surface area contributed by atoms with Crippen LogP contribution < -0.4 is 27.4 Å². The lowest BCUT2D eigenvalue weighted by Crippen LogP contribution is -2.58. The first-order chi connectivity index (χ1) is 22.4. The average Bonchev–Trinajstić information content (AvgIpc) is 3.44. The second-order valence-corrected chi connectivity index (χ2v) is 11.1. The molecular formula is C33H36N6O8. The van der Waals surface area contributed by atoms with E-state index in [0.717, 1.165) is 10.9 Å². The number of phenols is 2. The number of aromatic hydroxyl groups is 2. The van der Waals surface area contributed by atoms with Crippen molar-refractivity contribution in [3.8, 4) is 11.5 Å². The predicted octanol–water partition coefficient (Wildman–Crippen LogP) is 0.349. The molecule has 0 aliphatic carbocycles. The van der Waals surface area contributed by atoms with Crippen molar-refractivity contribution in [1.29, 1.82) is 0 Å². The van der Waals surface area contributed by atoms with Gasteiger partial charge in [0, 0.05) is 29.9 Å². The van der Waals surface area contributed by atoms with Gasteiger partial charge in [-0.15, -0.1) is 0 Å². The highest BCUT2D eigenvalue weighted by Gasteiger charge is 2.32.